The van der Waals surface area contributed by atoms with Crippen LogP contribution in [-0.4, -0.2) is 22.7 Å². The highest BCUT2D eigenvalue weighted by molar-refractivity contribution is 7.09. The fourth-order valence-electron chi connectivity index (χ4n) is 2.37. The summed E-state index contributed by atoms with van der Waals surface area (Å²) in [6, 6.07) is 0. The first kappa shape index (κ1) is 14.0. The molecule has 0 bridgehead atoms. The maximum atomic E-state index is 9.47. The molecule has 2 rings (SSSR count). The number of rotatable bonds is 4. The number of aromatic nitrogens is 1. The van der Waals surface area contributed by atoms with Crippen LogP contribution in [0.4, 0.5) is 0 Å². The molecule has 1 saturated carbocycles. The van der Waals surface area contributed by atoms with Gasteiger partial charge in [-0.15, -0.1) is 11.3 Å². The summed E-state index contributed by atoms with van der Waals surface area (Å²) >= 11 is 1.75. The Kier molecular flexibility index (Phi) is 4.41. The largest absolute Gasteiger partial charge is 0.393 e. The van der Waals surface area contributed by atoms with E-state index >= 15 is 0 Å². The van der Waals surface area contributed by atoms with Gasteiger partial charge < -0.3 is 10.4 Å². The highest BCUT2D eigenvalue weighted by atomic mass is 32.1. The normalized spacial score (nSPS) is 24.7. The van der Waals surface area contributed by atoms with E-state index in [1.807, 2.05) is 0 Å². The first-order valence-corrected chi connectivity index (χ1v) is 7.67. The summed E-state index contributed by atoms with van der Waals surface area (Å²) < 4.78 is 0. The molecule has 1 heterocycles. The topological polar surface area (TPSA) is 45.2 Å². The van der Waals surface area contributed by atoms with E-state index in [2.05, 4.69) is 36.5 Å². The summed E-state index contributed by atoms with van der Waals surface area (Å²) in [6.07, 6.45) is 3.01. The van der Waals surface area contributed by atoms with Gasteiger partial charge in [-0.05, 0) is 31.7 Å². The molecule has 4 heteroatoms. The van der Waals surface area contributed by atoms with E-state index in [4.69, 9.17) is 0 Å². The maximum Gasteiger partial charge on any atom is 0.0982 e. The van der Waals surface area contributed by atoms with Gasteiger partial charge in [-0.25, -0.2) is 4.98 Å². The predicted octanol–water partition coefficient (Wildman–Crippen LogP) is 2.69. The first-order valence-electron chi connectivity index (χ1n) is 6.79. The van der Waals surface area contributed by atoms with Crippen molar-refractivity contribution < 1.29 is 5.11 Å². The third kappa shape index (κ3) is 3.77. The van der Waals surface area contributed by atoms with Gasteiger partial charge in [-0.3, -0.25) is 0 Å². The van der Waals surface area contributed by atoms with Gasteiger partial charge in [0.1, 0.15) is 0 Å². The first-order chi connectivity index (χ1) is 8.45. The molecule has 0 amide bonds. The van der Waals surface area contributed by atoms with Crippen molar-refractivity contribution in [2.24, 2.45) is 5.92 Å². The molecule has 3 nitrogen and oxygen atoms in total. The van der Waals surface area contributed by atoms with Gasteiger partial charge in [0, 0.05) is 17.3 Å². The molecule has 2 unspecified atom stereocenters. The van der Waals surface area contributed by atoms with Gasteiger partial charge in [-0.1, -0.05) is 20.8 Å². The van der Waals surface area contributed by atoms with Crippen molar-refractivity contribution >= 4 is 11.3 Å². The molecule has 1 aromatic heterocycles. The second-order valence-corrected chi connectivity index (χ2v) is 7.22. The standard InChI is InChI=1S/C14H24N2OS/c1-14(2,3)13-16-11(9-18-13)8-15-7-10-4-5-12(17)6-10/h9-10,12,15,17H,4-8H2,1-3H3. The van der Waals surface area contributed by atoms with Crippen molar-refractivity contribution in [1.29, 1.82) is 0 Å². The van der Waals surface area contributed by atoms with Crippen LogP contribution in [0.15, 0.2) is 5.38 Å². The van der Waals surface area contributed by atoms with Gasteiger partial charge >= 0.3 is 0 Å². The van der Waals surface area contributed by atoms with Crippen LogP contribution in [-0.2, 0) is 12.0 Å². The van der Waals surface area contributed by atoms with E-state index in [0.717, 1.165) is 38.0 Å². The number of aliphatic hydroxyl groups excluding tert-OH is 1. The van der Waals surface area contributed by atoms with Crippen LogP contribution in [0.2, 0.25) is 0 Å². The Bertz CT molecular complexity index is 383. The van der Waals surface area contributed by atoms with Gasteiger partial charge in [0.05, 0.1) is 16.8 Å². The van der Waals surface area contributed by atoms with Crippen molar-refractivity contribution in [3.63, 3.8) is 0 Å². The quantitative estimate of drug-likeness (QED) is 0.882. The zero-order chi connectivity index (χ0) is 13.2. The number of nitrogens with one attached hydrogen (secondary N) is 1. The van der Waals surface area contributed by atoms with Crippen LogP contribution in [0.5, 0.6) is 0 Å². The molecule has 0 saturated heterocycles. The number of hydrogen-bond donors (Lipinski definition) is 2. The van der Waals surface area contributed by atoms with Crippen molar-refractivity contribution in [2.75, 3.05) is 6.54 Å². The molecule has 1 aromatic rings. The number of aliphatic hydroxyl groups is 1. The molecule has 2 N–H and O–H groups in total. The number of thiazole rings is 1. The van der Waals surface area contributed by atoms with Crippen LogP contribution in [0.3, 0.4) is 0 Å². The van der Waals surface area contributed by atoms with Gasteiger partial charge in [0.25, 0.3) is 0 Å². The van der Waals surface area contributed by atoms with Crippen LogP contribution >= 0.6 is 11.3 Å². The lowest BCUT2D eigenvalue weighted by molar-refractivity contribution is 0.177. The van der Waals surface area contributed by atoms with E-state index in [9.17, 15) is 5.11 Å². The van der Waals surface area contributed by atoms with Crippen molar-refractivity contribution in [1.82, 2.24) is 10.3 Å². The average molecular weight is 268 g/mol. The van der Waals surface area contributed by atoms with Crippen LogP contribution in [0.25, 0.3) is 0 Å². The highest BCUT2D eigenvalue weighted by Gasteiger charge is 2.22. The van der Waals surface area contributed by atoms with Gasteiger partial charge in [0.2, 0.25) is 0 Å². The summed E-state index contributed by atoms with van der Waals surface area (Å²) in [5.74, 6) is 0.640. The summed E-state index contributed by atoms with van der Waals surface area (Å²) in [7, 11) is 0. The highest BCUT2D eigenvalue weighted by Crippen LogP contribution is 2.26. The Morgan fingerprint density at radius 2 is 2.22 bits per heavy atom. The molecule has 18 heavy (non-hydrogen) atoms. The molecule has 0 radical (unpaired) electrons. The van der Waals surface area contributed by atoms with Crippen LogP contribution in [0, 0.1) is 5.92 Å². The molecule has 1 aliphatic rings. The monoisotopic (exact) mass is 268 g/mol. The zero-order valence-corrected chi connectivity index (χ0v) is 12.4. The molecule has 2 atom stereocenters. The number of hydrogen-bond acceptors (Lipinski definition) is 4. The Labute approximate surface area is 114 Å². The molecular weight excluding hydrogens is 244 g/mol. The van der Waals surface area contributed by atoms with E-state index in [1.165, 1.54) is 5.01 Å². The molecule has 1 aliphatic carbocycles. The molecule has 102 valence electrons. The predicted molar refractivity (Wildman–Crippen MR) is 75.9 cm³/mol. The third-order valence-corrected chi connectivity index (χ3v) is 4.76. The lowest BCUT2D eigenvalue weighted by atomic mass is 9.98. The second kappa shape index (κ2) is 5.68. The summed E-state index contributed by atoms with van der Waals surface area (Å²) in [4.78, 5) is 4.67. The Hall–Kier alpha value is -0.450. The zero-order valence-electron chi connectivity index (χ0n) is 11.6. The smallest absolute Gasteiger partial charge is 0.0982 e. The Morgan fingerprint density at radius 3 is 2.78 bits per heavy atom. The van der Waals surface area contributed by atoms with E-state index < -0.39 is 0 Å². The third-order valence-electron chi connectivity index (χ3n) is 3.45. The van der Waals surface area contributed by atoms with E-state index in [1.54, 1.807) is 11.3 Å². The Morgan fingerprint density at radius 1 is 1.44 bits per heavy atom. The average Bonchev–Trinajstić information content (AvgIpc) is 2.87. The molecule has 0 aromatic carbocycles. The second-order valence-electron chi connectivity index (χ2n) is 6.36. The maximum absolute atomic E-state index is 9.47. The number of nitrogens with zero attached hydrogens (tertiary/aromatic N) is 1. The fourth-order valence-corrected chi connectivity index (χ4v) is 3.28. The minimum absolute atomic E-state index is 0.0661. The molecule has 0 aliphatic heterocycles. The van der Waals surface area contributed by atoms with E-state index in [0.29, 0.717) is 5.92 Å². The molecule has 1 fully saturated rings. The summed E-state index contributed by atoms with van der Waals surface area (Å²) in [6.45, 7) is 8.44. The summed E-state index contributed by atoms with van der Waals surface area (Å²) in [5, 5.41) is 16.3. The SMILES string of the molecule is CC(C)(C)c1nc(CNCC2CCC(O)C2)cs1. The van der Waals surface area contributed by atoms with Crippen molar-refractivity contribution in [3.05, 3.63) is 16.1 Å². The minimum Gasteiger partial charge on any atom is -0.393 e. The minimum atomic E-state index is -0.0661. The van der Waals surface area contributed by atoms with Crippen molar-refractivity contribution in [2.45, 2.75) is 58.1 Å². The Balaban J connectivity index is 1.75. The van der Waals surface area contributed by atoms with Crippen LogP contribution in [0.1, 0.15) is 50.7 Å². The fraction of sp³-hybridized carbons (Fsp3) is 0.786. The van der Waals surface area contributed by atoms with Crippen molar-refractivity contribution in [3.8, 4) is 0 Å². The lowest BCUT2D eigenvalue weighted by Gasteiger charge is -2.13. The molecule has 0 spiro atoms. The molecular formula is C14H24N2OS. The summed E-state index contributed by atoms with van der Waals surface area (Å²) in [5.41, 5.74) is 1.29. The van der Waals surface area contributed by atoms with E-state index in [-0.39, 0.29) is 11.5 Å². The van der Waals surface area contributed by atoms with Gasteiger partial charge in [-0.2, -0.15) is 0 Å². The van der Waals surface area contributed by atoms with Gasteiger partial charge in [0.15, 0.2) is 0 Å². The lowest BCUT2D eigenvalue weighted by Crippen LogP contribution is -2.21. The van der Waals surface area contributed by atoms with Crippen LogP contribution < -0.4 is 5.32 Å².